The molecule has 0 amide bonds. The highest BCUT2D eigenvalue weighted by Crippen LogP contribution is 2.33. The Morgan fingerprint density at radius 3 is 3.06 bits per heavy atom. The largest absolute Gasteiger partial charge is 0.383 e. The number of rotatable bonds is 5. The van der Waals surface area contributed by atoms with Crippen molar-refractivity contribution in [3.63, 3.8) is 0 Å². The summed E-state index contributed by atoms with van der Waals surface area (Å²) in [6, 6.07) is 4.00. The van der Waals surface area contributed by atoms with Gasteiger partial charge >= 0.3 is 0 Å². The molecule has 0 radical (unpaired) electrons. The molecular formula is C14H16BrN3. The van der Waals surface area contributed by atoms with Gasteiger partial charge in [0.05, 0.1) is 11.2 Å². The molecule has 94 valence electrons. The van der Waals surface area contributed by atoms with Gasteiger partial charge in [0.2, 0.25) is 0 Å². The Kier molecular flexibility index (Phi) is 3.46. The Balaban J connectivity index is 1.70. The molecule has 0 saturated heterocycles. The SMILES string of the molecule is Brc1cnc2c(NCCCC3CC3)ccnc2c1. The second-order valence-corrected chi connectivity index (χ2v) is 5.81. The first-order valence-electron chi connectivity index (χ1n) is 6.47. The van der Waals surface area contributed by atoms with Crippen LogP contribution in [0.2, 0.25) is 0 Å². The van der Waals surface area contributed by atoms with Gasteiger partial charge in [0.1, 0.15) is 5.52 Å². The fraction of sp³-hybridized carbons (Fsp3) is 0.429. The first-order valence-corrected chi connectivity index (χ1v) is 7.26. The van der Waals surface area contributed by atoms with E-state index in [1.54, 1.807) is 0 Å². The van der Waals surface area contributed by atoms with Crippen LogP contribution in [0.25, 0.3) is 11.0 Å². The Morgan fingerprint density at radius 2 is 2.22 bits per heavy atom. The minimum atomic E-state index is 0.927. The van der Waals surface area contributed by atoms with Crippen LogP contribution in [-0.2, 0) is 0 Å². The van der Waals surface area contributed by atoms with Crippen molar-refractivity contribution in [2.45, 2.75) is 25.7 Å². The van der Waals surface area contributed by atoms with Crippen LogP contribution >= 0.6 is 15.9 Å². The molecule has 3 nitrogen and oxygen atoms in total. The molecule has 0 bridgehead atoms. The maximum Gasteiger partial charge on any atom is 0.112 e. The van der Waals surface area contributed by atoms with Crippen LogP contribution in [0.1, 0.15) is 25.7 Å². The third-order valence-electron chi connectivity index (χ3n) is 3.35. The van der Waals surface area contributed by atoms with Gasteiger partial charge in [0.25, 0.3) is 0 Å². The maximum atomic E-state index is 4.44. The number of fused-ring (bicyclic) bond motifs is 1. The van der Waals surface area contributed by atoms with Crippen molar-refractivity contribution in [3.05, 3.63) is 29.0 Å². The molecule has 18 heavy (non-hydrogen) atoms. The lowest BCUT2D eigenvalue weighted by Gasteiger charge is -2.08. The zero-order valence-corrected chi connectivity index (χ0v) is 11.8. The minimum Gasteiger partial charge on any atom is -0.383 e. The van der Waals surface area contributed by atoms with E-state index < -0.39 is 0 Å². The first-order chi connectivity index (χ1) is 8.83. The highest BCUT2D eigenvalue weighted by Gasteiger charge is 2.19. The fourth-order valence-corrected chi connectivity index (χ4v) is 2.49. The van der Waals surface area contributed by atoms with Crippen molar-refractivity contribution in [1.29, 1.82) is 0 Å². The summed E-state index contributed by atoms with van der Waals surface area (Å²) >= 11 is 3.42. The van der Waals surface area contributed by atoms with Gasteiger partial charge in [0.15, 0.2) is 0 Å². The minimum absolute atomic E-state index is 0.927. The van der Waals surface area contributed by atoms with Gasteiger partial charge in [-0.25, -0.2) is 0 Å². The summed E-state index contributed by atoms with van der Waals surface area (Å²) in [6.45, 7) is 1.02. The smallest absolute Gasteiger partial charge is 0.112 e. The summed E-state index contributed by atoms with van der Waals surface area (Å²) in [7, 11) is 0. The van der Waals surface area contributed by atoms with Crippen molar-refractivity contribution in [3.8, 4) is 0 Å². The Morgan fingerprint density at radius 1 is 1.33 bits per heavy atom. The quantitative estimate of drug-likeness (QED) is 0.849. The number of halogens is 1. The predicted molar refractivity (Wildman–Crippen MR) is 77.7 cm³/mol. The van der Waals surface area contributed by atoms with Gasteiger partial charge in [0, 0.05) is 23.4 Å². The van der Waals surface area contributed by atoms with E-state index in [1.165, 1.54) is 25.7 Å². The molecule has 0 spiro atoms. The topological polar surface area (TPSA) is 37.8 Å². The number of pyridine rings is 2. The second-order valence-electron chi connectivity index (χ2n) is 4.89. The van der Waals surface area contributed by atoms with Gasteiger partial charge in [-0.2, -0.15) is 0 Å². The highest BCUT2D eigenvalue weighted by molar-refractivity contribution is 9.10. The summed E-state index contributed by atoms with van der Waals surface area (Å²) < 4.78 is 0.966. The Hall–Kier alpha value is -1.16. The van der Waals surface area contributed by atoms with Gasteiger partial charge in [-0.1, -0.05) is 12.8 Å². The van der Waals surface area contributed by atoms with Gasteiger partial charge < -0.3 is 5.32 Å². The predicted octanol–water partition coefficient (Wildman–Crippen LogP) is 3.99. The molecule has 1 aliphatic carbocycles. The molecule has 2 heterocycles. The maximum absolute atomic E-state index is 4.44. The fourth-order valence-electron chi connectivity index (χ4n) is 2.17. The summed E-state index contributed by atoms with van der Waals surface area (Å²) in [6.07, 6.45) is 9.13. The van der Waals surface area contributed by atoms with Crippen LogP contribution in [0.4, 0.5) is 5.69 Å². The second kappa shape index (κ2) is 5.22. The van der Waals surface area contributed by atoms with Crippen molar-refractivity contribution >= 4 is 32.7 Å². The summed E-state index contributed by atoms with van der Waals surface area (Å²) in [4.78, 5) is 8.77. The lowest BCUT2D eigenvalue weighted by molar-refractivity contribution is 0.687. The summed E-state index contributed by atoms with van der Waals surface area (Å²) in [5.74, 6) is 1.01. The van der Waals surface area contributed by atoms with Crippen LogP contribution < -0.4 is 5.32 Å². The van der Waals surface area contributed by atoms with Gasteiger partial charge in [-0.15, -0.1) is 0 Å². The van der Waals surface area contributed by atoms with E-state index in [2.05, 4.69) is 31.2 Å². The summed E-state index contributed by atoms with van der Waals surface area (Å²) in [5.41, 5.74) is 2.96. The molecule has 1 aliphatic rings. The number of nitrogens with one attached hydrogen (secondary N) is 1. The van der Waals surface area contributed by atoms with Gasteiger partial charge in [-0.3, -0.25) is 9.97 Å². The number of hydrogen-bond acceptors (Lipinski definition) is 3. The lowest BCUT2D eigenvalue weighted by atomic mass is 10.2. The van der Waals surface area contributed by atoms with E-state index in [-0.39, 0.29) is 0 Å². The van der Waals surface area contributed by atoms with E-state index in [4.69, 9.17) is 0 Å². The molecule has 2 aromatic heterocycles. The van der Waals surface area contributed by atoms with Crippen LogP contribution in [0.3, 0.4) is 0 Å². The average molecular weight is 306 g/mol. The van der Waals surface area contributed by atoms with Crippen LogP contribution in [0, 0.1) is 5.92 Å². The van der Waals surface area contributed by atoms with Crippen LogP contribution in [0.5, 0.6) is 0 Å². The number of aromatic nitrogens is 2. The van der Waals surface area contributed by atoms with Crippen LogP contribution in [-0.4, -0.2) is 16.5 Å². The molecule has 1 saturated carbocycles. The molecule has 1 fully saturated rings. The highest BCUT2D eigenvalue weighted by atomic mass is 79.9. The van der Waals surface area contributed by atoms with E-state index in [9.17, 15) is 0 Å². The third-order valence-corrected chi connectivity index (χ3v) is 3.78. The molecular weight excluding hydrogens is 290 g/mol. The van der Waals surface area contributed by atoms with E-state index in [0.717, 1.165) is 33.7 Å². The van der Waals surface area contributed by atoms with Gasteiger partial charge in [-0.05, 0) is 46.8 Å². The molecule has 1 N–H and O–H groups in total. The van der Waals surface area contributed by atoms with Crippen molar-refractivity contribution in [2.75, 3.05) is 11.9 Å². The third kappa shape index (κ3) is 2.80. The van der Waals surface area contributed by atoms with E-state index in [0.29, 0.717) is 0 Å². The van der Waals surface area contributed by atoms with Crippen LogP contribution in [0.15, 0.2) is 29.0 Å². The molecule has 4 heteroatoms. The zero-order chi connectivity index (χ0) is 12.4. The molecule has 3 rings (SSSR count). The number of hydrogen-bond donors (Lipinski definition) is 1. The molecule has 0 atom stereocenters. The summed E-state index contributed by atoms with van der Waals surface area (Å²) in [5, 5.41) is 3.47. The molecule has 0 aliphatic heterocycles. The number of nitrogens with zero attached hydrogens (tertiary/aromatic N) is 2. The lowest BCUT2D eigenvalue weighted by Crippen LogP contribution is -2.03. The molecule has 0 aromatic carbocycles. The normalized spacial score (nSPS) is 14.9. The standard InChI is InChI=1S/C14H16BrN3/c15-11-8-13-14(18-9-11)12(5-7-17-13)16-6-1-2-10-3-4-10/h5,7-10H,1-4,6H2,(H,16,17). The zero-order valence-electron chi connectivity index (χ0n) is 10.2. The monoisotopic (exact) mass is 305 g/mol. The van der Waals surface area contributed by atoms with E-state index in [1.807, 2.05) is 24.5 Å². The van der Waals surface area contributed by atoms with Crippen molar-refractivity contribution in [1.82, 2.24) is 9.97 Å². The average Bonchev–Trinajstić information content (AvgIpc) is 3.18. The Labute approximate surface area is 115 Å². The first kappa shape index (κ1) is 11.9. The van der Waals surface area contributed by atoms with Crippen molar-refractivity contribution < 1.29 is 0 Å². The molecule has 0 unspecified atom stereocenters. The Bertz CT molecular complexity index is 552. The van der Waals surface area contributed by atoms with Crippen molar-refractivity contribution in [2.24, 2.45) is 5.92 Å². The molecule has 2 aromatic rings. The van der Waals surface area contributed by atoms with E-state index >= 15 is 0 Å². The number of anilines is 1.